The molecule has 1 N–H and O–H groups in total. The van der Waals surface area contributed by atoms with Crippen LogP contribution in [-0.4, -0.2) is 31.5 Å². The van der Waals surface area contributed by atoms with E-state index in [0.29, 0.717) is 34.6 Å². The standard InChI is InChI=1S/C28H37ClFN3O2/c1-26(35)12-13-27(2)16(14-26)4-5-17-18-6-7-20(28(18,3)11-10-19(17)27)23(34)15-33-25-22(31-32-33)9-8-21(29)24(25)30/h8-9,16-20,35H,4-7,10-15H2,1-3H3/t16-,17-,18-,19-,20+,26+,27-,28-/m0/s1. The van der Waals surface area contributed by atoms with E-state index in [0.717, 1.165) is 38.5 Å². The highest BCUT2D eigenvalue weighted by Crippen LogP contribution is 2.68. The number of hydrogen-bond donors (Lipinski definition) is 1. The fourth-order valence-corrected chi connectivity index (χ4v) is 9.48. The Morgan fingerprint density at radius 1 is 1.09 bits per heavy atom. The summed E-state index contributed by atoms with van der Waals surface area (Å²) in [5, 5.41) is 18.9. The number of ketones is 1. The number of rotatable bonds is 3. The smallest absolute Gasteiger partial charge is 0.169 e. The van der Waals surface area contributed by atoms with Crippen LogP contribution in [0.5, 0.6) is 0 Å². The third-order valence-corrected chi connectivity index (χ3v) is 11.5. The van der Waals surface area contributed by atoms with Crippen molar-refractivity contribution < 1.29 is 14.3 Å². The lowest BCUT2D eigenvalue weighted by molar-refractivity contribution is -0.151. The van der Waals surface area contributed by atoms with Crippen LogP contribution in [0.4, 0.5) is 4.39 Å². The molecule has 1 aromatic carbocycles. The van der Waals surface area contributed by atoms with E-state index in [1.807, 2.05) is 6.92 Å². The zero-order valence-electron chi connectivity index (χ0n) is 21.1. The molecule has 8 atom stereocenters. The number of fused-ring (bicyclic) bond motifs is 6. The molecule has 0 bridgehead atoms. The minimum absolute atomic E-state index is 0.00577. The average molecular weight is 502 g/mol. The molecule has 0 amide bonds. The van der Waals surface area contributed by atoms with E-state index in [4.69, 9.17) is 11.6 Å². The van der Waals surface area contributed by atoms with Crippen molar-refractivity contribution in [1.29, 1.82) is 0 Å². The normalized spacial score (nSPS) is 43.0. The summed E-state index contributed by atoms with van der Waals surface area (Å²) in [6.45, 7) is 6.91. The van der Waals surface area contributed by atoms with E-state index in [-0.39, 0.29) is 34.2 Å². The van der Waals surface area contributed by atoms with Crippen LogP contribution >= 0.6 is 11.6 Å². The van der Waals surface area contributed by atoms with Crippen molar-refractivity contribution >= 4 is 28.4 Å². The van der Waals surface area contributed by atoms with Crippen LogP contribution in [0.25, 0.3) is 11.0 Å². The summed E-state index contributed by atoms with van der Waals surface area (Å²) < 4.78 is 16.1. The van der Waals surface area contributed by atoms with Crippen molar-refractivity contribution in [2.45, 2.75) is 90.7 Å². The van der Waals surface area contributed by atoms with Crippen molar-refractivity contribution in [1.82, 2.24) is 15.0 Å². The van der Waals surface area contributed by atoms with Gasteiger partial charge in [0, 0.05) is 5.92 Å². The number of benzene rings is 1. The molecule has 35 heavy (non-hydrogen) atoms. The molecule has 7 heteroatoms. The predicted octanol–water partition coefficient (Wildman–Crippen LogP) is 6.20. The first-order chi connectivity index (χ1) is 16.5. The summed E-state index contributed by atoms with van der Waals surface area (Å²) in [6.07, 6.45) is 9.63. The van der Waals surface area contributed by atoms with Crippen LogP contribution in [0.15, 0.2) is 12.1 Å². The molecular weight excluding hydrogens is 465 g/mol. The van der Waals surface area contributed by atoms with E-state index < -0.39 is 11.4 Å². The highest BCUT2D eigenvalue weighted by atomic mass is 35.5. The van der Waals surface area contributed by atoms with Gasteiger partial charge >= 0.3 is 0 Å². The summed E-state index contributed by atoms with van der Waals surface area (Å²) in [4.78, 5) is 13.7. The third kappa shape index (κ3) is 3.53. The molecule has 0 unspecified atom stereocenters. The van der Waals surface area contributed by atoms with Crippen molar-refractivity contribution in [3.8, 4) is 0 Å². The number of Topliss-reactive ketones (excluding diaryl/α,β-unsaturated/α-hetero) is 1. The second-order valence-electron chi connectivity index (χ2n) is 13.0. The van der Waals surface area contributed by atoms with Gasteiger partial charge in [-0.25, -0.2) is 9.07 Å². The SMILES string of the molecule is C[C@@]1(O)CC[C@@]2(C)[C@@H](CC[C@@H]3[C@@H]2CC[C@]2(C)[C@@H](C(=O)Cn4nnc5ccc(Cl)c(F)c54)CC[C@@H]32)C1. The predicted molar refractivity (Wildman–Crippen MR) is 133 cm³/mol. The highest BCUT2D eigenvalue weighted by molar-refractivity contribution is 6.31. The van der Waals surface area contributed by atoms with Gasteiger partial charge < -0.3 is 5.11 Å². The number of aromatic nitrogens is 3. The van der Waals surface area contributed by atoms with Crippen LogP contribution in [0.2, 0.25) is 5.02 Å². The van der Waals surface area contributed by atoms with Crippen LogP contribution in [0, 0.1) is 46.2 Å². The van der Waals surface area contributed by atoms with E-state index in [2.05, 4.69) is 24.2 Å². The van der Waals surface area contributed by atoms with Crippen molar-refractivity contribution in [3.63, 3.8) is 0 Å². The molecule has 1 aromatic heterocycles. The van der Waals surface area contributed by atoms with Gasteiger partial charge in [0.15, 0.2) is 11.6 Å². The topological polar surface area (TPSA) is 68.0 Å². The van der Waals surface area contributed by atoms with Crippen LogP contribution in [-0.2, 0) is 11.3 Å². The van der Waals surface area contributed by atoms with Gasteiger partial charge in [-0.3, -0.25) is 4.79 Å². The molecule has 0 spiro atoms. The molecule has 0 aliphatic heterocycles. The Kier molecular flexibility index (Phi) is 5.44. The average Bonchev–Trinajstić information content (AvgIpc) is 3.37. The van der Waals surface area contributed by atoms with Crippen LogP contribution < -0.4 is 0 Å². The first kappa shape index (κ1) is 23.8. The maximum absolute atomic E-state index is 14.7. The minimum Gasteiger partial charge on any atom is -0.390 e. The van der Waals surface area contributed by atoms with Gasteiger partial charge in [0.1, 0.15) is 17.6 Å². The van der Waals surface area contributed by atoms with Gasteiger partial charge in [-0.05, 0) is 111 Å². The van der Waals surface area contributed by atoms with Crippen LogP contribution in [0.1, 0.15) is 78.6 Å². The molecule has 4 aliphatic carbocycles. The molecule has 2 aromatic rings. The molecule has 6 rings (SSSR count). The third-order valence-electron chi connectivity index (χ3n) is 11.2. The van der Waals surface area contributed by atoms with Gasteiger partial charge in [-0.2, -0.15) is 0 Å². The molecular formula is C28H37ClFN3O2. The minimum atomic E-state index is -0.561. The lowest BCUT2D eigenvalue weighted by atomic mass is 9.44. The first-order valence-corrected chi connectivity index (χ1v) is 13.8. The molecule has 190 valence electrons. The fourth-order valence-electron chi connectivity index (χ4n) is 9.33. The summed E-state index contributed by atoms with van der Waals surface area (Å²) in [5.74, 6) is 2.10. The van der Waals surface area contributed by atoms with Crippen molar-refractivity contribution in [3.05, 3.63) is 23.0 Å². The number of nitrogens with zero attached hydrogens (tertiary/aromatic N) is 3. The summed E-state index contributed by atoms with van der Waals surface area (Å²) in [6, 6.07) is 3.12. The number of carbonyl (C=O) groups is 1. The molecule has 4 fully saturated rings. The van der Waals surface area contributed by atoms with Gasteiger partial charge in [0.25, 0.3) is 0 Å². The van der Waals surface area contributed by atoms with Gasteiger partial charge in [0.2, 0.25) is 0 Å². The maximum Gasteiger partial charge on any atom is 0.169 e. The maximum atomic E-state index is 14.7. The molecule has 5 nitrogen and oxygen atoms in total. The summed E-state index contributed by atoms with van der Waals surface area (Å²) >= 11 is 5.99. The molecule has 1 heterocycles. The lowest BCUT2D eigenvalue weighted by Gasteiger charge is -2.61. The number of hydrogen-bond acceptors (Lipinski definition) is 4. The number of halogens is 2. The molecule has 4 aliphatic rings. The fraction of sp³-hybridized carbons (Fsp3) is 0.750. The molecule has 0 radical (unpaired) electrons. The van der Waals surface area contributed by atoms with Crippen molar-refractivity contribution in [2.24, 2.45) is 40.4 Å². The Morgan fingerprint density at radius 3 is 2.66 bits per heavy atom. The summed E-state index contributed by atoms with van der Waals surface area (Å²) in [7, 11) is 0. The Bertz CT molecular complexity index is 1180. The van der Waals surface area contributed by atoms with E-state index in [1.165, 1.54) is 30.0 Å². The summed E-state index contributed by atoms with van der Waals surface area (Å²) in [5.41, 5.74) is 0.431. The Balaban J connectivity index is 1.23. The second-order valence-corrected chi connectivity index (χ2v) is 13.4. The van der Waals surface area contributed by atoms with Crippen LogP contribution in [0.3, 0.4) is 0 Å². The lowest BCUT2D eigenvalue weighted by Crippen LogP contribution is -2.55. The van der Waals surface area contributed by atoms with Crippen molar-refractivity contribution in [2.75, 3.05) is 0 Å². The highest BCUT2D eigenvalue weighted by Gasteiger charge is 2.61. The van der Waals surface area contributed by atoms with E-state index >= 15 is 0 Å². The first-order valence-electron chi connectivity index (χ1n) is 13.5. The Hall–Kier alpha value is -1.53. The second kappa shape index (κ2) is 7.98. The largest absolute Gasteiger partial charge is 0.390 e. The van der Waals surface area contributed by atoms with Gasteiger partial charge in [0.05, 0.1) is 10.6 Å². The molecule has 0 saturated heterocycles. The van der Waals surface area contributed by atoms with Gasteiger partial charge in [-0.1, -0.05) is 30.7 Å². The number of aliphatic hydroxyl groups is 1. The quantitative estimate of drug-likeness (QED) is 0.543. The van der Waals surface area contributed by atoms with E-state index in [9.17, 15) is 14.3 Å². The zero-order valence-corrected chi connectivity index (χ0v) is 21.8. The monoisotopic (exact) mass is 501 g/mol. The molecule has 4 saturated carbocycles. The zero-order chi connectivity index (χ0) is 24.8. The van der Waals surface area contributed by atoms with Gasteiger partial charge in [-0.15, -0.1) is 5.10 Å². The van der Waals surface area contributed by atoms with E-state index in [1.54, 1.807) is 6.07 Å². The Labute approximate surface area is 211 Å². The number of carbonyl (C=O) groups excluding carboxylic acids is 1. The Morgan fingerprint density at radius 2 is 1.86 bits per heavy atom.